The van der Waals surface area contributed by atoms with Gasteiger partial charge in [-0.25, -0.2) is 0 Å². The minimum Gasteiger partial charge on any atom is -0.481 e. The maximum absolute atomic E-state index is 11.2. The van der Waals surface area contributed by atoms with Crippen LogP contribution in [-0.4, -0.2) is 23.0 Å². The summed E-state index contributed by atoms with van der Waals surface area (Å²) < 4.78 is 0. The van der Waals surface area contributed by atoms with Gasteiger partial charge < -0.3 is 10.4 Å². The van der Waals surface area contributed by atoms with Crippen LogP contribution < -0.4 is 5.32 Å². The Bertz CT molecular complexity index is 314. The molecule has 0 aromatic heterocycles. The van der Waals surface area contributed by atoms with Crippen molar-refractivity contribution in [3.8, 4) is 11.8 Å². The summed E-state index contributed by atoms with van der Waals surface area (Å²) in [5.41, 5.74) is 0. The first kappa shape index (κ1) is 11.6. The highest BCUT2D eigenvalue weighted by atomic mass is 16.4. The highest BCUT2D eigenvalue weighted by Gasteiger charge is 2.27. The van der Waals surface area contributed by atoms with Crippen LogP contribution in [0.3, 0.4) is 0 Å². The van der Waals surface area contributed by atoms with Gasteiger partial charge in [-0.3, -0.25) is 9.59 Å². The molecule has 4 heteroatoms. The second-order valence-corrected chi connectivity index (χ2v) is 3.75. The molecule has 0 spiro atoms. The second kappa shape index (κ2) is 5.40. The number of carboxylic acid groups (broad SMARTS) is 1. The van der Waals surface area contributed by atoms with Crippen LogP contribution in [0.25, 0.3) is 0 Å². The summed E-state index contributed by atoms with van der Waals surface area (Å²) in [6, 6.07) is -0.0341. The van der Waals surface area contributed by atoms with Gasteiger partial charge in [-0.15, -0.1) is 0 Å². The summed E-state index contributed by atoms with van der Waals surface area (Å²) in [5.74, 6) is 3.50. The Kier molecular flexibility index (Phi) is 4.17. The topological polar surface area (TPSA) is 66.4 Å². The number of aliphatic carboxylic acids is 1. The molecular formula is C11H15NO3. The summed E-state index contributed by atoms with van der Waals surface area (Å²) in [6.07, 6.45) is 2.93. The average molecular weight is 209 g/mol. The van der Waals surface area contributed by atoms with Crippen LogP contribution in [0.4, 0.5) is 0 Å². The fraction of sp³-hybridized carbons (Fsp3) is 0.636. The van der Waals surface area contributed by atoms with Crippen molar-refractivity contribution in [2.45, 2.75) is 38.6 Å². The van der Waals surface area contributed by atoms with Gasteiger partial charge in [0.25, 0.3) is 5.91 Å². The van der Waals surface area contributed by atoms with Gasteiger partial charge in [0.1, 0.15) is 0 Å². The van der Waals surface area contributed by atoms with E-state index in [2.05, 4.69) is 17.2 Å². The smallest absolute Gasteiger partial charge is 0.306 e. The molecule has 1 aliphatic carbocycles. The number of hydrogen-bond donors (Lipinski definition) is 2. The minimum atomic E-state index is -0.768. The fourth-order valence-electron chi connectivity index (χ4n) is 1.88. The number of rotatable bonds is 2. The summed E-state index contributed by atoms with van der Waals surface area (Å²) in [7, 11) is 0. The van der Waals surface area contributed by atoms with Gasteiger partial charge in [0.05, 0.1) is 5.92 Å². The van der Waals surface area contributed by atoms with E-state index in [0.29, 0.717) is 12.8 Å². The van der Waals surface area contributed by atoms with Gasteiger partial charge in [-0.2, -0.15) is 0 Å². The number of nitrogens with one attached hydrogen (secondary N) is 1. The van der Waals surface area contributed by atoms with E-state index < -0.39 is 5.97 Å². The Morgan fingerprint density at radius 1 is 1.40 bits per heavy atom. The van der Waals surface area contributed by atoms with Crippen molar-refractivity contribution in [2.75, 3.05) is 0 Å². The van der Waals surface area contributed by atoms with Gasteiger partial charge in [0.15, 0.2) is 0 Å². The molecule has 0 heterocycles. The van der Waals surface area contributed by atoms with E-state index in [1.807, 2.05) is 0 Å². The lowest BCUT2D eigenvalue weighted by Crippen LogP contribution is -2.39. The van der Waals surface area contributed by atoms with Crippen LogP contribution in [0.1, 0.15) is 32.6 Å². The summed E-state index contributed by atoms with van der Waals surface area (Å²) in [4.78, 5) is 21.9. The minimum absolute atomic E-state index is 0.0341. The molecule has 0 saturated heterocycles. The van der Waals surface area contributed by atoms with E-state index >= 15 is 0 Å². The van der Waals surface area contributed by atoms with Crippen molar-refractivity contribution in [1.82, 2.24) is 5.32 Å². The number of hydrogen-bond acceptors (Lipinski definition) is 2. The molecule has 1 aliphatic rings. The zero-order valence-corrected chi connectivity index (χ0v) is 8.75. The third kappa shape index (κ3) is 3.62. The average Bonchev–Trinajstić information content (AvgIpc) is 2.18. The van der Waals surface area contributed by atoms with Gasteiger partial charge in [0.2, 0.25) is 0 Å². The number of amides is 1. The van der Waals surface area contributed by atoms with Crippen molar-refractivity contribution in [1.29, 1.82) is 0 Å². The van der Waals surface area contributed by atoms with Gasteiger partial charge in [-0.05, 0) is 32.1 Å². The summed E-state index contributed by atoms with van der Waals surface area (Å²) in [5, 5.41) is 11.6. The van der Waals surface area contributed by atoms with E-state index in [0.717, 1.165) is 12.8 Å². The third-order valence-electron chi connectivity index (χ3n) is 2.60. The molecule has 1 amide bonds. The highest BCUT2D eigenvalue weighted by Crippen LogP contribution is 2.24. The Hall–Kier alpha value is -1.50. The number of carbonyl (C=O) groups excluding carboxylic acids is 1. The predicted octanol–water partition coefficient (Wildman–Crippen LogP) is 0.769. The molecule has 2 atom stereocenters. The lowest BCUT2D eigenvalue weighted by atomic mass is 9.86. The first-order valence-corrected chi connectivity index (χ1v) is 5.09. The predicted molar refractivity (Wildman–Crippen MR) is 55.0 cm³/mol. The van der Waals surface area contributed by atoms with Crippen molar-refractivity contribution < 1.29 is 14.7 Å². The molecule has 0 radical (unpaired) electrons. The lowest BCUT2D eigenvalue weighted by molar-refractivity contribution is -0.143. The molecule has 1 saturated carbocycles. The van der Waals surface area contributed by atoms with E-state index in [4.69, 9.17) is 5.11 Å². The molecule has 2 N–H and O–H groups in total. The molecule has 15 heavy (non-hydrogen) atoms. The molecule has 0 aromatic rings. The lowest BCUT2D eigenvalue weighted by Gasteiger charge is -2.26. The summed E-state index contributed by atoms with van der Waals surface area (Å²) in [6.45, 7) is 1.60. The van der Waals surface area contributed by atoms with Gasteiger partial charge in [-0.1, -0.05) is 12.3 Å². The Morgan fingerprint density at radius 3 is 2.73 bits per heavy atom. The maximum atomic E-state index is 11.2. The van der Waals surface area contributed by atoms with Crippen molar-refractivity contribution in [2.24, 2.45) is 5.92 Å². The van der Waals surface area contributed by atoms with Crippen LogP contribution in [0.5, 0.6) is 0 Å². The van der Waals surface area contributed by atoms with Crippen molar-refractivity contribution in [3.05, 3.63) is 0 Å². The van der Waals surface area contributed by atoms with E-state index in [1.165, 1.54) is 0 Å². The summed E-state index contributed by atoms with van der Waals surface area (Å²) >= 11 is 0. The standard InChI is InChI=1S/C11H15NO3/c1-2-4-10(13)12-9-6-3-5-8(7-9)11(14)15/h8-9H,3,5-7H2,1H3,(H,12,13)(H,14,15). The monoisotopic (exact) mass is 209 g/mol. The van der Waals surface area contributed by atoms with E-state index in [1.54, 1.807) is 6.92 Å². The van der Waals surface area contributed by atoms with Crippen molar-refractivity contribution >= 4 is 11.9 Å². The first-order valence-electron chi connectivity index (χ1n) is 5.09. The highest BCUT2D eigenvalue weighted by molar-refractivity contribution is 5.93. The zero-order valence-electron chi connectivity index (χ0n) is 8.75. The molecular weight excluding hydrogens is 194 g/mol. The van der Waals surface area contributed by atoms with Crippen molar-refractivity contribution in [3.63, 3.8) is 0 Å². The van der Waals surface area contributed by atoms with Crippen LogP contribution in [0.15, 0.2) is 0 Å². The normalized spacial score (nSPS) is 24.9. The molecule has 2 unspecified atom stereocenters. The molecule has 4 nitrogen and oxygen atoms in total. The van der Waals surface area contributed by atoms with E-state index in [9.17, 15) is 9.59 Å². The molecule has 82 valence electrons. The number of carboxylic acids is 1. The maximum Gasteiger partial charge on any atom is 0.306 e. The fourth-order valence-corrected chi connectivity index (χ4v) is 1.88. The molecule has 1 fully saturated rings. The molecule has 0 aliphatic heterocycles. The molecule has 0 aromatic carbocycles. The molecule has 1 rings (SSSR count). The van der Waals surface area contributed by atoms with Crippen LogP contribution in [0.2, 0.25) is 0 Å². The Morgan fingerprint density at radius 2 is 2.13 bits per heavy atom. The van der Waals surface area contributed by atoms with E-state index in [-0.39, 0.29) is 17.9 Å². The van der Waals surface area contributed by atoms with Gasteiger partial charge in [0, 0.05) is 6.04 Å². The zero-order chi connectivity index (χ0) is 11.3. The Labute approximate surface area is 89.0 Å². The van der Waals surface area contributed by atoms with Crippen LogP contribution in [0, 0.1) is 17.8 Å². The van der Waals surface area contributed by atoms with Gasteiger partial charge >= 0.3 is 5.97 Å². The first-order chi connectivity index (χ1) is 7.13. The third-order valence-corrected chi connectivity index (χ3v) is 2.60. The SMILES string of the molecule is CC#CC(=O)NC1CCCC(C(=O)O)C1. The molecule has 0 bridgehead atoms. The second-order valence-electron chi connectivity index (χ2n) is 3.75. The Balaban J connectivity index is 2.45. The van der Waals surface area contributed by atoms with Crippen LogP contribution >= 0.6 is 0 Å². The largest absolute Gasteiger partial charge is 0.481 e. The quantitative estimate of drug-likeness (QED) is 0.660. The number of carbonyl (C=O) groups is 2. The van der Waals surface area contributed by atoms with Crippen LogP contribution in [-0.2, 0) is 9.59 Å².